The Labute approximate surface area is 163 Å². The van der Waals surface area contributed by atoms with Crippen LogP contribution in [-0.2, 0) is 10.0 Å². The Bertz CT molecular complexity index is 873. The van der Waals surface area contributed by atoms with Crippen LogP contribution >= 0.6 is 0 Å². The number of rotatable bonds is 5. The van der Waals surface area contributed by atoms with Gasteiger partial charge in [0.1, 0.15) is 23.9 Å². The molecule has 0 amide bonds. The van der Waals surface area contributed by atoms with Crippen molar-refractivity contribution in [3.63, 3.8) is 0 Å². The Morgan fingerprint density at radius 1 is 1.50 bits per heavy atom. The van der Waals surface area contributed by atoms with Crippen LogP contribution in [0, 0.1) is 11.3 Å². The zero-order chi connectivity index (χ0) is 20.5. The second-order valence-electron chi connectivity index (χ2n) is 7.56. The van der Waals surface area contributed by atoms with Gasteiger partial charge in [-0.1, -0.05) is 0 Å². The highest BCUT2D eigenvalue weighted by Gasteiger charge is 2.39. The van der Waals surface area contributed by atoms with Gasteiger partial charge < -0.3 is 15.2 Å². The van der Waals surface area contributed by atoms with E-state index in [1.807, 2.05) is 6.07 Å². The molecular weight excluding hydrogens is 389 g/mol. The van der Waals surface area contributed by atoms with Crippen LogP contribution in [0.5, 0.6) is 5.88 Å². The number of piperidine rings is 1. The molecule has 1 aromatic heterocycles. The van der Waals surface area contributed by atoms with Crippen LogP contribution in [0.15, 0.2) is 6.20 Å². The van der Waals surface area contributed by atoms with Gasteiger partial charge in [-0.2, -0.15) is 14.6 Å². The number of halogens is 1. The number of anilines is 1. The predicted octanol–water partition coefficient (Wildman–Crippen LogP) is 0.814. The number of hydrogen-bond donors (Lipinski definition) is 2. The van der Waals surface area contributed by atoms with Crippen molar-refractivity contribution in [3.05, 3.63) is 11.8 Å². The fourth-order valence-electron chi connectivity index (χ4n) is 3.55. The van der Waals surface area contributed by atoms with Crippen LogP contribution < -0.4 is 10.1 Å². The lowest BCUT2D eigenvalue weighted by Crippen LogP contribution is -2.49. The van der Waals surface area contributed by atoms with Crippen molar-refractivity contribution in [1.82, 2.24) is 14.3 Å². The van der Waals surface area contributed by atoms with Gasteiger partial charge in [-0.3, -0.25) is 0 Å². The van der Waals surface area contributed by atoms with Crippen molar-refractivity contribution in [2.24, 2.45) is 0 Å². The minimum Gasteiger partial charge on any atom is -0.470 e. The highest BCUT2D eigenvalue weighted by atomic mass is 32.2. The predicted molar refractivity (Wildman–Crippen MR) is 99.0 cm³/mol. The number of nitriles is 1. The third kappa shape index (κ3) is 4.51. The molecule has 2 aliphatic rings. The third-order valence-corrected chi connectivity index (χ3v) is 6.53. The summed E-state index contributed by atoms with van der Waals surface area (Å²) in [5, 5.41) is 22.5. The van der Waals surface area contributed by atoms with Gasteiger partial charge in [-0.15, -0.1) is 0 Å². The zero-order valence-corrected chi connectivity index (χ0v) is 16.6. The highest BCUT2D eigenvalue weighted by Crippen LogP contribution is 2.33. The number of nitrogens with one attached hydrogen (secondary N) is 1. The third-order valence-electron chi connectivity index (χ3n) is 5.26. The second-order valence-corrected chi connectivity index (χ2v) is 9.54. The molecule has 0 aromatic carbocycles. The van der Waals surface area contributed by atoms with Gasteiger partial charge in [-0.25, -0.2) is 17.8 Å². The van der Waals surface area contributed by atoms with Crippen molar-refractivity contribution in [2.45, 2.75) is 56.5 Å². The topological polar surface area (TPSA) is 128 Å². The van der Waals surface area contributed by atoms with E-state index in [0.29, 0.717) is 12.8 Å². The van der Waals surface area contributed by atoms with E-state index in [0.717, 1.165) is 17.0 Å². The van der Waals surface area contributed by atoms with E-state index >= 15 is 0 Å². The summed E-state index contributed by atoms with van der Waals surface area (Å²) < 4.78 is 44.5. The first kappa shape index (κ1) is 20.7. The average molecular weight is 413 g/mol. The zero-order valence-electron chi connectivity index (χ0n) is 15.8. The van der Waals surface area contributed by atoms with Crippen molar-refractivity contribution in [3.8, 4) is 11.9 Å². The van der Waals surface area contributed by atoms with Crippen molar-refractivity contribution in [1.29, 1.82) is 5.26 Å². The molecule has 2 heterocycles. The lowest BCUT2D eigenvalue weighted by atomic mass is 10.0. The van der Waals surface area contributed by atoms with Crippen LogP contribution in [0.25, 0.3) is 0 Å². The molecular formula is C17H24FN5O4S. The standard InChI is InChI=1S/C17H24FN5O4S/c1-17(24)6-3-4-14(17)27-15-11(8-19)9-20-16(22-15)21-13-5-7-23(10-12(13)18)28(2,25)26/h9,12-14,24H,3-7,10H2,1-2H3,(H,20,21,22)/t12-,13-,14-,17+/m1/s1. The molecule has 1 saturated heterocycles. The van der Waals surface area contributed by atoms with Gasteiger partial charge in [0.15, 0.2) is 0 Å². The molecule has 4 atom stereocenters. The largest absolute Gasteiger partial charge is 0.470 e. The number of alkyl halides is 1. The first-order chi connectivity index (χ1) is 13.1. The maximum Gasteiger partial charge on any atom is 0.236 e. The molecule has 0 radical (unpaired) electrons. The number of ether oxygens (including phenoxy) is 1. The van der Waals surface area contributed by atoms with Crippen molar-refractivity contribution >= 4 is 16.0 Å². The van der Waals surface area contributed by atoms with Gasteiger partial charge in [0.25, 0.3) is 0 Å². The summed E-state index contributed by atoms with van der Waals surface area (Å²) in [6, 6.07) is 1.29. The lowest BCUT2D eigenvalue weighted by Gasteiger charge is -2.33. The molecule has 154 valence electrons. The fourth-order valence-corrected chi connectivity index (χ4v) is 4.40. The van der Waals surface area contributed by atoms with Gasteiger partial charge in [0.05, 0.1) is 24.1 Å². The maximum atomic E-state index is 14.4. The van der Waals surface area contributed by atoms with Crippen molar-refractivity contribution in [2.75, 3.05) is 24.7 Å². The Kier molecular flexibility index (Phi) is 5.74. The summed E-state index contributed by atoms with van der Waals surface area (Å²) in [6.07, 6.45) is 2.71. The summed E-state index contributed by atoms with van der Waals surface area (Å²) in [5.74, 6) is 0.128. The molecule has 1 aromatic rings. The van der Waals surface area contributed by atoms with Crippen LogP contribution in [0.4, 0.5) is 10.3 Å². The molecule has 1 saturated carbocycles. The Morgan fingerprint density at radius 3 is 2.82 bits per heavy atom. The second kappa shape index (κ2) is 7.77. The number of sulfonamides is 1. The van der Waals surface area contributed by atoms with E-state index in [9.17, 15) is 23.2 Å². The highest BCUT2D eigenvalue weighted by molar-refractivity contribution is 7.88. The molecule has 2 fully saturated rings. The van der Waals surface area contributed by atoms with Crippen LogP contribution in [0.2, 0.25) is 0 Å². The normalized spacial score (nSPS) is 31.3. The molecule has 2 N–H and O–H groups in total. The molecule has 3 rings (SSSR count). The summed E-state index contributed by atoms with van der Waals surface area (Å²) in [5.41, 5.74) is -0.884. The first-order valence-electron chi connectivity index (χ1n) is 9.12. The molecule has 1 aliphatic carbocycles. The smallest absolute Gasteiger partial charge is 0.236 e. The quantitative estimate of drug-likeness (QED) is 0.726. The molecule has 0 unspecified atom stereocenters. The Morgan fingerprint density at radius 2 is 2.25 bits per heavy atom. The van der Waals surface area contributed by atoms with Gasteiger partial charge in [-0.05, 0) is 32.6 Å². The van der Waals surface area contributed by atoms with Crippen LogP contribution in [0.3, 0.4) is 0 Å². The van der Waals surface area contributed by atoms with Crippen LogP contribution in [-0.4, -0.2) is 71.1 Å². The minimum atomic E-state index is -3.44. The number of hydrogen-bond acceptors (Lipinski definition) is 8. The van der Waals surface area contributed by atoms with Gasteiger partial charge >= 0.3 is 0 Å². The summed E-state index contributed by atoms with van der Waals surface area (Å²) >= 11 is 0. The summed E-state index contributed by atoms with van der Waals surface area (Å²) in [6.45, 7) is 1.64. The molecule has 11 heteroatoms. The van der Waals surface area contributed by atoms with Gasteiger partial charge in [0.2, 0.25) is 21.9 Å². The van der Waals surface area contributed by atoms with E-state index in [2.05, 4.69) is 15.3 Å². The van der Waals surface area contributed by atoms with E-state index in [1.54, 1.807) is 6.92 Å². The van der Waals surface area contributed by atoms with Crippen molar-refractivity contribution < 1.29 is 22.7 Å². The van der Waals surface area contributed by atoms with E-state index in [4.69, 9.17) is 4.74 Å². The summed E-state index contributed by atoms with van der Waals surface area (Å²) in [4.78, 5) is 8.22. The molecule has 1 aliphatic heterocycles. The fraction of sp³-hybridized carbons (Fsp3) is 0.706. The monoisotopic (exact) mass is 413 g/mol. The van der Waals surface area contributed by atoms with E-state index < -0.39 is 33.9 Å². The molecule has 0 spiro atoms. The molecule has 0 bridgehead atoms. The Balaban J connectivity index is 1.72. The SMILES string of the molecule is C[C@]1(O)CCC[C@H]1Oc1nc(N[C@@H]2CCN(S(C)(=O)=O)C[C@H]2F)ncc1C#N. The minimum absolute atomic E-state index is 0.0381. The van der Waals surface area contributed by atoms with Gasteiger partial charge in [0, 0.05) is 13.1 Å². The maximum absolute atomic E-state index is 14.4. The van der Waals surface area contributed by atoms with E-state index in [1.165, 1.54) is 6.20 Å². The number of aliphatic hydroxyl groups is 1. The van der Waals surface area contributed by atoms with Crippen LogP contribution in [0.1, 0.15) is 38.2 Å². The lowest BCUT2D eigenvalue weighted by molar-refractivity contribution is -0.0271. The number of aromatic nitrogens is 2. The van der Waals surface area contributed by atoms with E-state index in [-0.39, 0.29) is 36.9 Å². The first-order valence-corrected chi connectivity index (χ1v) is 11.0. The number of nitrogens with zero attached hydrogens (tertiary/aromatic N) is 4. The molecule has 28 heavy (non-hydrogen) atoms. The average Bonchev–Trinajstić information content (AvgIpc) is 2.94. The molecule has 9 nitrogen and oxygen atoms in total. The summed E-state index contributed by atoms with van der Waals surface area (Å²) in [7, 11) is -3.44. The Hall–Kier alpha value is -2.03.